The number of thiophene rings is 1. The highest BCUT2D eigenvalue weighted by Crippen LogP contribution is 2.49. The van der Waals surface area contributed by atoms with E-state index in [1.54, 1.807) is 5.38 Å². The number of hydrogen-bond donors (Lipinski definition) is 2. The first-order valence-corrected chi connectivity index (χ1v) is 9.00. The van der Waals surface area contributed by atoms with E-state index in [2.05, 4.69) is 5.32 Å². The fourth-order valence-corrected chi connectivity index (χ4v) is 4.67. The molecule has 1 heterocycles. The third-order valence-electron chi connectivity index (χ3n) is 3.69. The maximum Gasteiger partial charge on any atom is 0.407 e. The average Bonchev–Trinajstić information content (AvgIpc) is 3.27. The van der Waals surface area contributed by atoms with Gasteiger partial charge in [0, 0.05) is 12.6 Å². The third kappa shape index (κ3) is 3.25. The van der Waals surface area contributed by atoms with E-state index in [9.17, 15) is 21.6 Å². The van der Waals surface area contributed by atoms with Crippen LogP contribution in [-0.2, 0) is 16.6 Å². The molecule has 2 aliphatic carbocycles. The number of halogens is 3. The lowest BCUT2D eigenvalue weighted by Gasteiger charge is -2.19. The molecule has 2 fully saturated rings. The van der Waals surface area contributed by atoms with Gasteiger partial charge in [-0.25, -0.2) is 8.42 Å². The lowest BCUT2D eigenvalue weighted by atomic mass is 10.3. The van der Waals surface area contributed by atoms with Gasteiger partial charge in [0.2, 0.25) is 0 Å². The predicted molar refractivity (Wildman–Crippen MR) is 72.5 cm³/mol. The van der Waals surface area contributed by atoms with Crippen LogP contribution in [0.4, 0.5) is 13.2 Å². The summed E-state index contributed by atoms with van der Waals surface area (Å²) in [7, 11) is -4.12. The van der Waals surface area contributed by atoms with Crippen LogP contribution < -0.4 is 10.0 Å². The summed E-state index contributed by atoms with van der Waals surface area (Å²) < 4.78 is 64.4. The fraction of sp³-hybridized carbons (Fsp3) is 0.667. The SMILES string of the molecule is O=S(=O)(NC1(C(F)(F)F)CC1)c1cc(CNC2CC2)cs1. The largest absolute Gasteiger partial charge is 0.407 e. The van der Waals surface area contributed by atoms with Gasteiger partial charge in [-0.05, 0) is 42.7 Å². The van der Waals surface area contributed by atoms with Gasteiger partial charge in [0.25, 0.3) is 10.0 Å². The second-order valence-corrected chi connectivity index (χ2v) is 8.44. The molecule has 2 N–H and O–H groups in total. The van der Waals surface area contributed by atoms with E-state index in [0.717, 1.165) is 29.7 Å². The van der Waals surface area contributed by atoms with Gasteiger partial charge >= 0.3 is 6.18 Å². The molecule has 9 heteroatoms. The molecule has 0 spiro atoms. The second-order valence-electron chi connectivity index (χ2n) is 5.61. The van der Waals surface area contributed by atoms with Crippen molar-refractivity contribution in [2.75, 3.05) is 0 Å². The van der Waals surface area contributed by atoms with Gasteiger partial charge in [-0.3, -0.25) is 0 Å². The molecule has 0 atom stereocenters. The Bertz CT molecular complexity index is 631. The van der Waals surface area contributed by atoms with Gasteiger partial charge in [-0.15, -0.1) is 11.3 Å². The summed E-state index contributed by atoms with van der Waals surface area (Å²) in [6.45, 7) is 0.543. The summed E-state index contributed by atoms with van der Waals surface area (Å²) in [5.41, 5.74) is -1.48. The van der Waals surface area contributed by atoms with Gasteiger partial charge in [0.15, 0.2) is 0 Å². The first-order valence-electron chi connectivity index (χ1n) is 6.63. The van der Waals surface area contributed by atoms with Crippen LogP contribution in [0.1, 0.15) is 31.2 Å². The van der Waals surface area contributed by atoms with E-state index in [1.807, 2.05) is 4.72 Å². The zero-order valence-corrected chi connectivity index (χ0v) is 12.7. The van der Waals surface area contributed by atoms with E-state index in [1.165, 1.54) is 6.07 Å². The summed E-state index contributed by atoms with van der Waals surface area (Å²) >= 11 is 0.950. The van der Waals surface area contributed by atoms with Crippen molar-refractivity contribution in [1.82, 2.24) is 10.0 Å². The molecule has 0 aromatic carbocycles. The highest BCUT2D eigenvalue weighted by Gasteiger charge is 2.65. The molecular formula is C12H15F3N2O2S2. The molecule has 1 aromatic heterocycles. The number of rotatable bonds is 6. The fourth-order valence-electron chi connectivity index (χ4n) is 2.01. The molecule has 2 saturated carbocycles. The van der Waals surface area contributed by atoms with Crippen molar-refractivity contribution < 1.29 is 21.6 Å². The van der Waals surface area contributed by atoms with Crippen molar-refractivity contribution in [3.05, 3.63) is 17.0 Å². The summed E-state index contributed by atoms with van der Waals surface area (Å²) in [4.78, 5) is 0. The van der Waals surface area contributed by atoms with Crippen LogP contribution >= 0.6 is 11.3 Å². The van der Waals surface area contributed by atoms with Crippen LogP contribution in [0, 0.1) is 0 Å². The lowest BCUT2D eigenvalue weighted by molar-refractivity contribution is -0.160. The maximum absolute atomic E-state index is 12.8. The maximum atomic E-state index is 12.8. The Balaban J connectivity index is 1.70. The van der Waals surface area contributed by atoms with Crippen molar-refractivity contribution in [3.63, 3.8) is 0 Å². The van der Waals surface area contributed by atoms with Crippen LogP contribution in [0.15, 0.2) is 15.7 Å². The molecule has 0 aliphatic heterocycles. The van der Waals surface area contributed by atoms with E-state index in [0.29, 0.717) is 12.6 Å². The van der Waals surface area contributed by atoms with Crippen molar-refractivity contribution in [3.8, 4) is 0 Å². The molecule has 4 nitrogen and oxygen atoms in total. The summed E-state index contributed by atoms with van der Waals surface area (Å²) in [6.07, 6.45) is -2.71. The summed E-state index contributed by atoms with van der Waals surface area (Å²) in [6, 6.07) is 1.93. The normalized spacial score (nSPS) is 21.5. The van der Waals surface area contributed by atoms with Gasteiger partial charge in [-0.1, -0.05) is 0 Å². The molecule has 0 radical (unpaired) electrons. The zero-order chi connectivity index (χ0) is 15.3. The van der Waals surface area contributed by atoms with Crippen molar-refractivity contribution in [2.24, 2.45) is 0 Å². The minimum atomic E-state index is -4.55. The number of alkyl halides is 3. The summed E-state index contributed by atoms with van der Waals surface area (Å²) in [5, 5.41) is 4.90. The van der Waals surface area contributed by atoms with Crippen molar-refractivity contribution in [1.29, 1.82) is 0 Å². The Hall–Kier alpha value is -0.640. The number of sulfonamides is 1. The standard InChI is InChI=1S/C12H15F3N2O2S2/c13-12(14,15)11(3-4-11)17-21(18,19)10-5-8(7-20-10)6-16-9-1-2-9/h5,7,9,16-17H,1-4,6H2. The quantitative estimate of drug-likeness (QED) is 0.836. The van der Waals surface area contributed by atoms with Crippen LogP contribution in [-0.4, -0.2) is 26.2 Å². The Morgan fingerprint density at radius 2 is 2.00 bits per heavy atom. The lowest BCUT2D eigenvalue weighted by Crippen LogP contribution is -2.47. The molecule has 21 heavy (non-hydrogen) atoms. The molecule has 0 saturated heterocycles. The Morgan fingerprint density at radius 3 is 2.52 bits per heavy atom. The van der Waals surface area contributed by atoms with Gasteiger partial charge in [0.05, 0.1) is 0 Å². The molecule has 2 aliphatic rings. The van der Waals surface area contributed by atoms with Crippen LogP contribution in [0.3, 0.4) is 0 Å². The van der Waals surface area contributed by atoms with E-state index in [4.69, 9.17) is 0 Å². The highest BCUT2D eigenvalue weighted by atomic mass is 32.2. The topological polar surface area (TPSA) is 58.2 Å². The average molecular weight is 340 g/mol. The third-order valence-corrected chi connectivity index (χ3v) is 6.71. The Labute approximate surface area is 124 Å². The first-order chi connectivity index (χ1) is 9.72. The molecule has 0 bridgehead atoms. The van der Waals surface area contributed by atoms with Gasteiger partial charge in [-0.2, -0.15) is 17.9 Å². The molecule has 0 unspecified atom stereocenters. The van der Waals surface area contributed by atoms with Crippen molar-refractivity contribution in [2.45, 2.75) is 54.2 Å². The molecule has 118 valence electrons. The number of nitrogens with one attached hydrogen (secondary N) is 2. The molecular weight excluding hydrogens is 325 g/mol. The summed E-state index contributed by atoms with van der Waals surface area (Å²) in [5.74, 6) is 0. The van der Waals surface area contributed by atoms with E-state index in [-0.39, 0.29) is 17.1 Å². The zero-order valence-electron chi connectivity index (χ0n) is 11.0. The van der Waals surface area contributed by atoms with Gasteiger partial charge in [0.1, 0.15) is 9.75 Å². The molecule has 1 aromatic rings. The Kier molecular flexibility index (Phi) is 3.59. The minimum absolute atomic E-state index is 0.0642. The Morgan fingerprint density at radius 1 is 1.33 bits per heavy atom. The first kappa shape index (κ1) is 15.3. The number of hydrogen-bond acceptors (Lipinski definition) is 4. The molecule has 3 rings (SSSR count). The van der Waals surface area contributed by atoms with Crippen LogP contribution in [0.2, 0.25) is 0 Å². The second kappa shape index (κ2) is 4.94. The van der Waals surface area contributed by atoms with Crippen LogP contribution in [0.25, 0.3) is 0 Å². The highest BCUT2D eigenvalue weighted by molar-refractivity contribution is 7.91. The van der Waals surface area contributed by atoms with E-state index < -0.39 is 21.7 Å². The predicted octanol–water partition coefficient (Wildman–Crippen LogP) is 2.37. The monoisotopic (exact) mass is 340 g/mol. The van der Waals surface area contributed by atoms with Crippen molar-refractivity contribution >= 4 is 21.4 Å². The smallest absolute Gasteiger partial charge is 0.310 e. The van der Waals surface area contributed by atoms with Gasteiger partial charge < -0.3 is 5.32 Å². The van der Waals surface area contributed by atoms with Crippen LogP contribution in [0.5, 0.6) is 0 Å². The van der Waals surface area contributed by atoms with E-state index >= 15 is 0 Å². The molecule has 0 amide bonds. The minimum Gasteiger partial charge on any atom is -0.310 e.